The summed E-state index contributed by atoms with van der Waals surface area (Å²) in [7, 11) is -3.23. The van der Waals surface area contributed by atoms with Crippen molar-refractivity contribution in [2.24, 2.45) is 0 Å². The minimum absolute atomic E-state index is 0.251. The van der Waals surface area contributed by atoms with Crippen molar-refractivity contribution in [3.05, 3.63) is 64.7 Å². The van der Waals surface area contributed by atoms with Crippen LogP contribution in [0.15, 0.2) is 52.7 Å². The highest BCUT2D eigenvalue weighted by atomic mass is 32.2. The molecule has 0 aliphatic heterocycles. The molecule has 0 spiro atoms. The number of carbonyl (C=O) groups is 1. The fourth-order valence-electron chi connectivity index (χ4n) is 2.48. The summed E-state index contributed by atoms with van der Waals surface area (Å²) in [5.41, 5.74) is 3.88. The second-order valence-electron chi connectivity index (χ2n) is 6.23. The number of aromatic nitrogens is 1. The van der Waals surface area contributed by atoms with E-state index >= 15 is 0 Å². The molecule has 2 N–H and O–H groups in total. The van der Waals surface area contributed by atoms with Crippen LogP contribution in [0.25, 0.3) is 0 Å². The number of nitrogens with one attached hydrogen (secondary N) is 2. The normalized spacial score (nSPS) is 11.2. The van der Waals surface area contributed by atoms with E-state index in [0.717, 1.165) is 23.1 Å². The minimum Gasteiger partial charge on any atom is -0.332 e. The van der Waals surface area contributed by atoms with Gasteiger partial charge < -0.3 is 10.6 Å². The molecular weight excluding hydrogens is 382 g/mol. The number of amides is 1. The number of thiazole rings is 1. The second kappa shape index (κ2) is 7.50. The largest absolute Gasteiger partial charge is 0.332 e. The minimum atomic E-state index is -3.23. The average Bonchev–Trinajstić information content (AvgIpc) is 3.06. The van der Waals surface area contributed by atoms with Crippen LogP contribution >= 0.6 is 11.3 Å². The molecule has 1 aromatic heterocycles. The first kappa shape index (κ1) is 19.1. The third kappa shape index (κ3) is 4.72. The molecular formula is C19H19N3O3S2. The van der Waals surface area contributed by atoms with Crippen LogP contribution in [0.5, 0.6) is 0 Å². The Morgan fingerprint density at radius 1 is 1.07 bits per heavy atom. The Balaban J connectivity index is 1.70. The molecule has 2 aromatic carbocycles. The maximum atomic E-state index is 12.4. The molecule has 0 saturated heterocycles. The van der Waals surface area contributed by atoms with E-state index in [9.17, 15) is 13.2 Å². The van der Waals surface area contributed by atoms with Gasteiger partial charge in [-0.1, -0.05) is 17.7 Å². The maximum absolute atomic E-state index is 12.4. The van der Waals surface area contributed by atoms with Crippen molar-refractivity contribution in [1.29, 1.82) is 0 Å². The summed E-state index contributed by atoms with van der Waals surface area (Å²) in [6.07, 6.45) is 1.16. The number of benzene rings is 2. The number of nitrogens with zero attached hydrogens (tertiary/aromatic N) is 1. The van der Waals surface area contributed by atoms with E-state index in [1.54, 1.807) is 17.5 Å². The second-order valence-corrected chi connectivity index (χ2v) is 9.11. The quantitative estimate of drug-likeness (QED) is 0.670. The van der Waals surface area contributed by atoms with Crippen molar-refractivity contribution >= 4 is 43.6 Å². The first-order valence-electron chi connectivity index (χ1n) is 8.13. The van der Waals surface area contributed by atoms with Crippen LogP contribution in [-0.2, 0) is 9.84 Å². The van der Waals surface area contributed by atoms with Gasteiger partial charge in [0.15, 0.2) is 15.0 Å². The van der Waals surface area contributed by atoms with Crippen molar-refractivity contribution in [2.75, 3.05) is 16.9 Å². The monoisotopic (exact) mass is 401 g/mol. The lowest BCUT2D eigenvalue weighted by Gasteiger charge is -2.07. The molecule has 27 heavy (non-hydrogen) atoms. The molecule has 0 atom stereocenters. The van der Waals surface area contributed by atoms with E-state index in [2.05, 4.69) is 15.6 Å². The Hall–Kier alpha value is -2.71. The first-order chi connectivity index (χ1) is 12.7. The first-order valence-corrected chi connectivity index (χ1v) is 10.9. The predicted molar refractivity (Wildman–Crippen MR) is 109 cm³/mol. The van der Waals surface area contributed by atoms with Gasteiger partial charge in [-0.15, -0.1) is 11.3 Å². The van der Waals surface area contributed by atoms with Gasteiger partial charge in [-0.3, -0.25) is 4.79 Å². The van der Waals surface area contributed by atoms with E-state index in [0.29, 0.717) is 16.5 Å². The van der Waals surface area contributed by atoms with Crippen LogP contribution in [0.4, 0.5) is 16.5 Å². The van der Waals surface area contributed by atoms with Crippen LogP contribution in [0.3, 0.4) is 0 Å². The molecule has 3 aromatic rings. The highest BCUT2D eigenvalue weighted by Crippen LogP contribution is 2.23. The van der Waals surface area contributed by atoms with Crippen molar-refractivity contribution < 1.29 is 13.2 Å². The van der Waals surface area contributed by atoms with Crippen molar-refractivity contribution in [2.45, 2.75) is 18.7 Å². The number of hydrogen-bond acceptors (Lipinski definition) is 6. The predicted octanol–water partition coefficient (Wildman–Crippen LogP) is 4.16. The summed E-state index contributed by atoms with van der Waals surface area (Å²) in [6.45, 7) is 3.94. The van der Waals surface area contributed by atoms with Crippen molar-refractivity contribution in [3.63, 3.8) is 0 Å². The summed E-state index contributed by atoms with van der Waals surface area (Å²) in [5.74, 6) is -0.279. The zero-order chi connectivity index (χ0) is 19.6. The Kier molecular flexibility index (Phi) is 5.29. The number of aryl methyl sites for hydroxylation is 2. The summed E-state index contributed by atoms with van der Waals surface area (Å²) in [6, 6.07) is 12.2. The molecule has 0 radical (unpaired) electrons. The molecule has 1 amide bonds. The highest BCUT2D eigenvalue weighted by Gasteiger charge is 2.13. The highest BCUT2D eigenvalue weighted by molar-refractivity contribution is 7.90. The molecule has 6 nitrogen and oxygen atoms in total. The summed E-state index contributed by atoms with van der Waals surface area (Å²) >= 11 is 1.30. The lowest BCUT2D eigenvalue weighted by molar-refractivity contribution is 0.102. The van der Waals surface area contributed by atoms with E-state index in [-0.39, 0.29) is 10.8 Å². The van der Waals surface area contributed by atoms with Crippen molar-refractivity contribution in [1.82, 2.24) is 4.98 Å². The Bertz CT molecular complexity index is 1090. The van der Waals surface area contributed by atoms with Gasteiger partial charge in [0.05, 0.1) is 4.90 Å². The molecule has 0 unspecified atom stereocenters. The number of carbonyl (C=O) groups excluding carboxylic acids is 1. The molecule has 0 aliphatic rings. The number of hydrogen-bond donors (Lipinski definition) is 2. The smallest absolute Gasteiger partial charge is 0.275 e. The van der Waals surface area contributed by atoms with Gasteiger partial charge in [0.1, 0.15) is 5.69 Å². The number of rotatable bonds is 5. The van der Waals surface area contributed by atoms with Crippen LogP contribution in [-0.4, -0.2) is 25.6 Å². The fourth-order valence-corrected chi connectivity index (χ4v) is 3.83. The zero-order valence-electron chi connectivity index (χ0n) is 15.1. The zero-order valence-corrected chi connectivity index (χ0v) is 16.7. The lowest BCUT2D eigenvalue weighted by Crippen LogP contribution is -2.13. The van der Waals surface area contributed by atoms with Gasteiger partial charge in [0.2, 0.25) is 0 Å². The topological polar surface area (TPSA) is 88.2 Å². The van der Waals surface area contributed by atoms with E-state index in [1.165, 1.54) is 23.5 Å². The molecule has 0 saturated carbocycles. The molecule has 3 rings (SSSR count). The van der Waals surface area contributed by atoms with Gasteiger partial charge in [0.25, 0.3) is 5.91 Å². The summed E-state index contributed by atoms with van der Waals surface area (Å²) < 4.78 is 23.0. The van der Waals surface area contributed by atoms with Crippen LogP contribution in [0.2, 0.25) is 0 Å². The molecule has 1 heterocycles. The van der Waals surface area contributed by atoms with E-state index < -0.39 is 9.84 Å². The van der Waals surface area contributed by atoms with Crippen molar-refractivity contribution in [3.8, 4) is 0 Å². The maximum Gasteiger partial charge on any atom is 0.275 e. The van der Waals surface area contributed by atoms with Crippen LogP contribution < -0.4 is 10.6 Å². The van der Waals surface area contributed by atoms with Gasteiger partial charge in [-0.2, -0.15) is 0 Å². The van der Waals surface area contributed by atoms with Crippen LogP contribution in [0, 0.1) is 13.8 Å². The lowest BCUT2D eigenvalue weighted by atomic mass is 10.1. The summed E-state index contributed by atoms with van der Waals surface area (Å²) in [5, 5.41) is 8.16. The van der Waals surface area contributed by atoms with Crippen LogP contribution in [0.1, 0.15) is 21.6 Å². The SMILES string of the molecule is Cc1ccc(NC(=O)c2csc(Nc3ccc(S(C)(=O)=O)cc3)n2)c(C)c1. The summed E-state index contributed by atoms with van der Waals surface area (Å²) in [4.78, 5) is 17.0. The Morgan fingerprint density at radius 2 is 1.78 bits per heavy atom. The molecule has 0 fully saturated rings. The van der Waals surface area contributed by atoms with Gasteiger partial charge >= 0.3 is 0 Å². The number of sulfone groups is 1. The molecule has 8 heteroatoms. The number of anilines is 3. The molecule has 0 bridgehead atoms. The van der Waals surface area contributed by atoms with Gasteiger partial charge in [-0.05, 0) is 49.7 Å². The fraction of sp³-hybridized carbons (Fsp3) is 0.158. The van der Waals surface area contributed by atoms with Gasteiger partial charge in [0, 0.05) is 23.0 Å². The van der Waals surface area contributed by atoms with E-state index in [4.69, 9.17) is 0 Å². The molecule has 140 valence electrons. The molecule has 0 aliphatic carbocycles. The van der Waals surface area contributed by atoms with E-state index in [1.807, 2.05) is 32.0 Å². The Morgan fingerprint density at radius 3 is 2.41 bits per heavy atom. The third-order valence-electron chi connectivity index (χ3n) is 3.90. The third-order valence-corrected chi connectivity index (χ3v) is 5.79. The Labute approximate surface area is 162 Å². The standard InChI is InChI=1S/C19H19N3O3S2/c1-12-4-9-16(13(2)10-12)21-18(23)17-11-26-19(22-17)20-14-5-7-15(8-6-14)27(3,24)25/h4-11H,1-3H3,(H,20,22)(H,21,23). The average molecular weight is 402 g/mol. The van der Waals surface area contributed by atoms with Gasteiger partial charge in [-0.25, -0.2) is 13.4 Å².